The standard InChI is InChI=1S/C6H5ClNO2S.Na.3H2O/c7-8-11(9,10)6-4-2-1-3-5-6;;;;/h1-5H;;3*1H2/q-1;+1;;;. The average molecular weight is 268 g/mol. The van der Waals surface area contributed by atoms with Crippen LogP contribution in [0.2, 0.25) is 0 Å². The molecule has 0 saturated carbocycles. The van der Waals surface area contributed by atoms with E-state index in [1.807, 2.05) is 0 Å². The van der Waals surface area contributed by atoms with Gasteiger partial charge >= 0.3 is 29.6 Å². The van der Waals surface area contributed by atoms with Gasteiger partial charge in [0.2, 0.25) is 0 Å². The Balaban J connectivity index is -0.000000151. The van der Waals surface area contributed by atoms with Gasteiger partial charge in [-0.3, -0.25) is 11.8 Å². The minimum Gasteiger partial charge on any atom is -0.458 e. The van der Waals surface area contributed by atoms with E-state index in [1.54, 1.807) is 18.2 Å². The molecule has 0 bridgehead atoms. The van der Waals surface area contributed by atoms with Crippen molar-refractivity contribution in [1.29, 1.82) is 0 Å². The molecule has 0 amide bonds. The first kappa shape index (κ1) is 24.5. The molecule has 1 aromatic carbocycles. The smallest absolute Gasteiger partial charge is 0.458 e. The Kier molecular flexibility index (Phi) is 17.7. The van der Waals surface area contributed by atoms with Crippen LogP contribution in [0.5, 0.6) is 0 Å². The normalized spacial score (nSPS) is 8.33. The van der Waals surface area contributed by atoms with Crippen molar-refractivity contribution >= 4 is 21.8 Å². The molecule has 0 radical (unpaired) electrons. The van der Waals surface area contributed by atoms with Crippen LogP contribution in [0.4, 0.5) is 0 Å². The second-order valence-electron chi connectivity index (χ2n) is 1.86. The zero-order valence-corrected chi connectivity index (χ0v) is 11.5. The molecular formula is C6H11ClNNaO5S. The molecule has 84 valence electrons. The monoisotopic (exact) mass is 267 g/mol. The quantitative estimate of drug-likeness (QED) is 0.511. The molecule has 0 aromatic heterocycles. The largest absolute Gasteiger partial charge is 1.00 e. The number of rotatable bonds is 2. The Morgan fingerprint density at radius 3 is 1.73 bits per heavy atom. The molecule has 9 heteroatoms. The van der Waals surface area contributed by atoms with Gasteiger partial charge in [-0.05, 0) is 12.1 Å². The predicted octanol–water partition coefficient (Wildman–Crippen LogP) is -3.57. The minimum absolute atomic E-state index is 0. The van der Waals surface area contributed by atoms with Gasteiger partial charge in [0.1, 0.15) is 10.0 Å². The van der Waals surface area contributed by atoms with Crippen LogP contribution in [0.1, 0.15) is 0 Å². The number of benzene rings is 1. The Morgan fingerprint density at radius 2 is 1.40 bits per heavy atom. The molecule has 0 spiro atoms. The molecule has 0 saturated heterocycles. The van der Waals surface area contributed by atoms with Gasteiger partial charge < -0.3 is 20.7 Å². The van der Waals surface area contributed by atoms with Gasteiger partial charge in [0, 0.05) is 4.90 Å². The summed E-state index contributed by atoms with van der Waals surface area (Å²) in [4.78, 5) is 0.106. The van der Waals surface area contributed by atoms with Gasteiger partial charge in [-0.15, -0.1) is 0 Å². The summed E-state index contributed by atoms with van der Waals surface area (Å²) in [6.45, 7) is 0. The van der Waals surface area contributed by atoms with Crippen molar-refractivity contribution in [2.45, 2.75) is 4.90 Å². The molecule has 0 heterocycles. The van der Waals surface area contributed by atoms with Gasteiger partial charge in [0.05, 0.1) is 0 Å². The zero-order valence-electron chi connectivity index (χ0n) is 7.94. The molecule has 0 aliphatic rings. The Morgan fingerprint density at radius 1 is 1.00 bits per heavy atom. The molecule has 0 fully saturated rings. The van der Waals surface area contributed by atoms with Crippen molar-refractivity contribution in [2.24, 2.45) is 0 Å². The fraction of sp³-hybridized carbons (Fsp3) is 0. The summed E-state index contributed by atoms with van der Waals surface area (Å²) in [6, 6.07) is 7.79. The molecule has 15 heavy (non-hydrogen) atoms. The minimum atomic E-state index is -3.61. The van der Waals surface area contributed by atoms with Crippen molar-refractivity contribution in [3.05, 3.63) is 34.6 Å². The summed E-state index contributed by atoms with van der Waals surface area (Å²) in [5, 5.41) is 0. The van der Waals surface area contributed by atoms with Crippen LogP contribution in [0.15, 0.2) is 35.2 Å². The Hall–Kier alpha value is 0.300. The van der Waals surface area contributed by atoms with Crippen molar-refractivity contribution in [3.8, 4) is 0 Å². The van der Waals surface area contributed by atoms with Crippen LogP contribution in [-0.2, 0) is 10.0 Å². The zero-order chi connectivity index (χ0) is 8.32. The van der Waals surface area contributed by atoms with Crippen LogP contribution in [-0.4, -0.2) is 24.8 Å². The summed E-state index contributed by atoms with van der Waals surface area (Å²) >= 11 is 4.86. The predicted molar refractivity (Wildman–Crippen MR) is 53.7 cm³/mol. The number of hydrogen-bond acceptors (Lipinski definition) is 2. The molecule has 1 rings (SSSR count). The third kappa shape index (κ3) is 7.23. The maximum absolute atomic E-state index is 10.9. The van der Waals surface area contributed by atoms with Crippen molar-refractivity contribution < 1.29 is 54.4 Å². The number of sulfonamides is 1. The van der Waals surface area contributed by atoms with Crippen molar-refractivity contribution in [2.75, 3.05) is 0 Å². The Labute approximate surface area is 115 Å². The molecule has 0 atom stereocenters. The van der Waals surface area contributed by atoms with Gasteiger partial charge in [-0.2, -0.15) is 0 Å². The summed E-state index contributed by atoms with van der Waals surface area (Å²) in [7, 11) is -3.61. The molecule has 6 N–H and O–H groups in total. The molecule has 0 aliphatic carbocycles. The average Bonchev–Trinajstić information content (AvgIpc) is 2.06. The van der Waals surface area contributed by atoms with Crippen LogP contribution < -0.4 is 29.6 Å². The molecule has 0 unspecified atom stereocenters. The van der Waals surface area contributed by atoms with Gasteiger partial charge in [0.15, 0.2) is 0 Å². The second kappa shape index (κ2) is 10.8. The Bertz CT molecular complexity index is 333. The number of halogens is 1. The van der Waals surface area contributed by atoms with Gasteiger partial charge in [-0.1, -0.05) is 18.2 Å². The number of nitrogens with zero attached hydrogens (tertiary/aromatic N) is 1. The molecule has 1 aromatic rings. The third-order valence-electron chi connectivity index (χ3n) is 1.13. The topological polar surface area (TPSA) is 143 Å². The van der Waals surface area contributed by atoms with Crippen LogP contribution in [0.25, 0.3) is 4.24 Å². The molecule has 0 aliphatic heterocycles. The van der Waals surface area contributed by atoms with E-state index in [0.29, 0.717) is 0 Å². The molecule has 6 nitrogen and oxygen atoms in total. The van der Waals surface area contributed by atoms with E-state index in [1.165, 1.54) is 12.1 Å². The fourth-order valence-electron chi connectivity index (χ4n) is 0.632. The van der Waals surface area contributed by atoms with Crippen LogP contribution in [0, 0.1) is 0 Å². The second-order valence-corrected chi connectivity index (χ2v) is 3.83. The van der Waals surface area contributed by atoms with Crippen LogP contribution in [0.3, 0.4) is 0 Å². The van der Waals surface area contributed by atoms with Crippen molar-refractivity contribution in [1.82, 2.24) is 0 Å². The van der Waals surface area contributed by atoms with E-state index >= 15 is 0 Å². The summed E-state index contributed by atoms with van der Waals surface area (Å²) in [5.74, 6) is 0. The van der Waals surface area contributed by atoms with E-state index < -0.39 is 10.0 Å². The number of hydrogen-bond donors (Lipinski definition) is 0. The van der Waals surface area contributed by atoms with E-state index in [2.05, 4.69) is 4.24 Å². The first-order chi connectivity index (χ1) is 5.17. The van der Waals surface area contributed by atoms with E-state index in [-0.39, 0.29) is 50.9 Å². The first-order valence-electron chi connectivity index (χ1n) is 2.80. The summed E-state index contributed by atoms with van der Waals surface area (Å²) < 4.78 is 24.5. The fourth-order valence-corrected chi connectivity index (χ4v) is 1.45. The van der Waals surface area contributed by atoms with Gasteiger partial charge in [0.25, 0.3) is 0 Å². The maximum atomic E-state index is 10.9. The summed E-state index contributed by atoms with van der Waals surface area (Å²) in [6.07, 6.45) is 0. The van der Waals surface area contributed by atoms with E-state index in [4.69, 9.17) is 11.8 Å². The first-order valence-corrected chi connectivity index (χ1v) is 4.58. The molecular weight excluding hydrogens is 257 g/mol. The van der Waals surface area contributed by atoms with E-state index in [9.17, 15) is 8.42 Å². The van der Waals surface area contributed by atoms with Crippen LogP contribution >= 0.6 is 11.8 Å². The third-order valence-corrected chi connectivity index (χ3v) is 2.73. The van der Waals surface area contributed by atoms with Gasteiger partial charge in [-0.25, -0.2) is 8.42 Å². The van der Waals surface area contributed by atoms with Crippen molar-refractivity contribution in [3.63, 3.8) is 0 Å². The SMILES string of the molecule is O.O.O.O=S(=O)([N-]Cl)c1ccccc1.[Na+]. The summed E-state index contributed by atoms with van der Waals surface area (Å²) in [5.41, 5.74) is 0. The van der Waals surface area contributed by atoms with E-state index in [0.717, 1.165) is 0 Å². The maximum Gasteiger partial charge on any atom is 1.00 e.